The summed E-state index contributed by atoms with van der Waals surface area (Å²) < 4.78 is 43.0. The van der Waals surface area contributed by atoms with Gasteiger partial charge in [0.05, 0.1) is 6.26 Å². The molecule has 1 heterocycles. The number of nitrogens with zero attached hydrogens (tertiary/aromatic N) is 1. The molecule has 0 spiro atoms. The number of furan rings is 1. The Labute approximate surface area is 114 Å². The maximum atomic E-state index is 12.6. The second-order valence-corrected chi connectivity index (χ2v) is 5.74. The Bertz CT molecular complexity index is 479. The van der Waals surface area contributed by atoms with Crippen LogP contribution in [0.5, 0.6) is 0 Å². The Kier molecular flexibility index (Phi) is 3.26. The van der Waals surface area contributed by atoms with Crippen LogP contribution in [0.2, 0.25) is 0 Å². The first-order chi connectivity index (χ1) is 9.44. The number of hydrogen-bond acceptors (Lipinski definition) is 2. The van der Waals surface area contributed by atoms with Crippen LogP contribution in [-0.2, 0) is 4.79 Å². The largest absolute Gasteiger partial charge is 0.469 e. The van der Waals surface area contributed by atoms with E-state index in [1.165, 1.54) is 6.26 Å². The van der Waals surface area contributed by atoms with Crippen LogP contribution in [0.15, 0.2) is 22.8 Å². The zero-order valence-electron chi connectivity index (χ0n) is 10.9. The van der Waals surface area contributed by atoms with Gasteiger partial charge in [0.2, 0.25) is 5.91 Å². The highest BCUT2D eigenvalue weighted by Gasteiger charge is 2.49. The van der Waals surface area contributed by atoms with Crippen molar-refractivity contribution in [1.82, 2.24) is 4.90 Å². The molecule has 0 unspecified atom stereocenters. The molecule has 2 aliphatic carbocycles. The molecule has 0 saturated heterocycles. The summed E-state index contributed by atoms with van der Waals surface area (Å²) in [5.41, 5.74) is 0. The van der Waals surface area contributed by atoms with Gasteiger partial charge in [-0.25, -0.2) is 0 Å². The molecule has 1 aromatic rings. The topological polar surface area (TPSA) is 33.5 Å². The number of carbonyl (C=O) groups excluding carboxylic acids is 1. The first-order valence-electron chi connectivity index (χ1n) is 6.83. The standard InChI is InChI=1S/C14H16F3NO2/c15-14(16,17)8-18(7-9-3-4-9)13(19)11-6-10(11)12-2-1-5-20-12/h1-2,5,9-11H,3-4,6-8H2/t10-,11+/m0/s1. The highest BCUT2D eigenvalue weighted by Crippen LogP contribution is 2.49. The molecule has 110 valence electrons. The van der Waals surface area contributed by atoms with E-state index in [-0.39, 0.29) is 30.2 Å². The van der Waals surface area contributed by atoms with Crippen LogP contribution >= 0.6 is 0 Å². The van der Waals surface area contributed by atoms with Gasteiger partial charge in [-0.05, 0) is 37.3 Å². The fourth-order valence-electron chi connectivity index (χ4n) is 2.58. The summed E-state index contributed by atoms with van der Waals surface area (Å²) in [6.07, 6.45) is -0.375. The van der Waals surface area contributed by atoms with E-state index in [4.69, 9.17) is 4.42 Å². The van der Waals surface area contributed by atoms with Gasteiger partial charge >= 0.3 is 6.18 Å². The lowest BCUT2D eigenvalue weighted by molar-refractivity contribution is -0.162. The highest BCUT2D eigenvalue weighted by molar-refractivity contribution is 5.83. The van der Waals surface area contributed by atoms with Crippen LogP contribution < -0.4 is 0 Å². The Morgan fingerprint density at radius 2 is 2.15 bits per heavy atom. The highest BCUT2D eigenvalue weighted by atomic mass is 19.4. The number of hydrogen-bond donors (Lipinski definition) is 0. The SMILES string of the molecule is O=C([C@@H]1C[C@@H]1c1ccco1)N(CC1CC1)CC(F)(F)F. The molecule has 1 amide bonds. The number of alkyl halides is 3. The predicted octanol–water partition coefficient (Wildman–Crippen LogP) is 3.18. The summed E-state index contributed by atoms with van der Waals surface area (Å²) in [7, 11) is 0. The molecule has 20 heavy (non-hydrogen) atoms. The fraction of sp³-hybridized carbons (Fsp3) is 0.643. The number of carbonyl (C=O) groups is 1. The lowest BCUT2D eigenvalue weighted by atomic mass is 10.2. The molecule has 1 aromatic heterocycles. The lowest BCUT2D eigenvalue weighted by Gasteiger charge is -2.24. The molecule has 2 fully saturated rings. The normalized spacial score (nSPS) is 25.6. The zero-order chi connectivity index (χ0) is 14.3. The molecule has 2 atom stereocenters. The third-order valence-electron chi connectivity index (χ3n) is 3.87. The first kappa shape index (κ1) is 13.5. The molecule has 0 aromatic carbocycles. The Morgan fingerprint density at radius 3 is 2.70 bits per heavy atom. The van der Waals surface area contributed by atoms with E-state index in [1.807, 2.05) is 0 Å². The van der Waals surface area contributed by atoms with Crippen LogP contribution in [0.3, 0.4) is 0 Å². The summed E-state index contributed by atoms with van der Waals surface area (Å²) in [5, 5.41) is 0. The minimum Gasteiger partial charge on any atom is -0.469 e. The van der Waals surface area contributed by atoms with Gasteiger partial charge in [0.25, 0.3) is 0 Å². The van der Waals surface area contributed by atoms with Crippen LogP contribution in [0.25, 0.3) is 0 Å². The van der Waals surface area contributed by atoms with Gasteiger partial charge in [0.15, 0.2) is 0 Å². The van der Waals surface area contributed by atoms with E-state index in [9.17, 15) is 18.0 Å². The number of halogens is 3. The minimum absolute atomic E-state index is 0.0487. The third-order valence-corrected chi connectivity index (χ3v) is 3.87. The van der Waals surface area contributed by atoms with E-state index in [1.54, 1.807) is 12.1 Å². The predicted molar refractivity (Wildman–Crippen MR) is 64.9 cm³/mol. The van der Waals surface area contributed by atoms with Crippen molar-refractivity contribution in [2.45, 2.75) is 31.4 Å². The van der Waals surface area contributed by atoms with Crippen molar-refractivity contribution in [1.29, 1.82) is 0 Å². The van der Waals surface area contributed by atoms with Crippen LogP contribution in [0.1, 0.15) is 30.9 Å². The first-order valence-corrected chi connectivity index (χ1v) is 6.83. The molecular weight excluding hydrogens is 271 g/mol. The fourth-order valence-corrected chi connectivity index (χ4v) is 2.58. The maximum absolute atomic E-state index is 12.6. The molecule has 2 saturated carbocycles. The smallest absolute Gasteiger partial charge is 0.406 e. The molecular formula is C14H16F3NO2. The summed E-state index contributed by atoms with van der Waals surface area (Å²) in [4.78, 5) is 13.2. The quantitative estimate of drug-likeness (QED) is 0.833. The molecule has 0 N–H and O–H groups in total. The maximum Gasteiger partial charge on any atom is 0.406 e. The molecule has 3 nitrogen and oxygen atoms in total. The van der Waals surface area contributed by atoms with Crippen molar-refractivity contribution in [2.75, 3.05) is 13.1 Å². The van der Waals surface area contributed by atoms with Crippen molar-refractivity contribution in [3.63, 3.8) is 0 Å². The zero-order valence-corrected chi connectivity index (χ0v) is 10.9. The van der Waals surface area contributed by atoms with Gasteiger partial charge in [-0.3, -0.25) is 4.79 Å². The van der Waals surface area contributed by atoms with Crippen molar-refractivity contribution >= 4 is 5.91 Å². The van der Waals surface area contributed by atoms with Crippen molar-refractivity contribution < 1.29 is 22.4 Å². The lowest BCUT2D eigenvalue weighted by Crippen LogP contribution is -2.41. The summed E-state index contributed by atoms with van der Waals surface area (Å²) >= 11 is 0. The van der Waals surface area contributed by atoms with E-state index in [0.717, 1.165) is 17.7 Å². The van der Waals surface area contributed by atoms with E-state index < -0.39 is 12.7 Å². The van der Waals surface area contributed by atoms with Crippen LogP contribution in [-0.4, -0.2) is 30.1 Å². The summed E-state index contributed by atoms with van der Waals surface area (Å²) in [6.45, 7) is -0.899. The van der Waals surface area contributed by atoms with Gasteiger partial charge in [-0.2, -0.15) is 13.2 Å². The molecule has 0 bridgehead atoms. The van der Waals surface area contributed by atoms with Crippen LogP contribution in [0, 0.1) is 11.8 Å². The second kappa shape index (κ2) is 4.82. The van der Waals surface area contributed by atoms with E-state index in [0.29, 0.717) is 12.2 Å². The molecule has 0 radical (unpaired) electrons. The van der Waals surface area contributed by atoms with Gasteiger partial charge in [0, 0.05) is 18.4 Å². The summed E-state index contributed by atoms with van der Waals surface area (Å²) in [5.74, 6) is 0.175. The molecule has 0 aliphatic heterocycles. The van der Waals surface area contributed by atoms with E-state index >= 15 is 0 Å². The van der Waals surface area contributed by atoms with E-state index in [2.05, 4.69) is 0 Å². The number of amides is 1. The average molecular weight is 287 g/mol. The van der Waals surface area contributed by atoms with Crippen molar-refractivity contribution in [3.05, 3.63) is 24.2 Å². The Morgan fingerprint density at radius 1 is 1.40 bits per heavy atom. The van der Waals surface area contributed by atoms with Crippen LogP contribution in [0.4, 0.5) is 13.2 Å². The Balaban J connectivity index is 1.63. The molecule has 6 heteroatoms. The van der Waals surface area contributed by atoms with Crippen molar-refractivity contribution in [2.24, 2.45) is 11.8 Å². The summed E-state index contributed by atoms with van der Waals surface area (Å²) in [6, 6.07) is 3.50. The third kappa shape index (κ3) is 3.16. The van der Waals surface area contributed by atoms with Gasteiger partial charge in [-0.1, -0.05) is 0 Å². The average Bonchev–Trinajstić information content (AvgIpc) is 3.27. The molecule has 3 rings (SSSR count). The Hall–Kier alpha value is -1.46. The van der Waals surface area contributed by atoms with Gasteiger partial charge in [0.1, 0.15) is 12.3 Å². The van der Waals surface area contributed by atoms with Gasteiger partial charge in [-0.15, -0.1) is 0 Å². The van der Waals surface area contributed by atoms with Crippen molar-refractivity contribution in [3.8, 4) is 0 Å². The van der Waals surface area contributed by atoms with Gasteiger partial charge < -0.3 is 9.32 Å². The number of rotatable bonds is 5. The monoisotopic (exact) mass is 287 g/mol. The second-order valence-electron chi connectivity index (χ2n) is 5.74. The molecule has 2 aliphatic rings. The minimum atomic E-state index is -4.33.